The van der Waals surface area contributed by atoms with Crippen molar-refractivity contribution in [3.05, 3.63) is 0 Å². The number of alkyl halides is 3. The normalized spacial score (nSPS) is 28.3. The van der Waals surface area contributed by atoms with Gasteiger partial charge in [-0.15, -0.1) is 0 Å². The smallest absolute Gasteiger partial charge is 0.274 e. The highest BCUT2D eigenvalue weighted by atomic mass is 32.2. The van der Waals surface area contributed by atoms with Crippen LogP contribution in [0.25, 0.3) is 0 Å². The number of carbonyl (C=O) groups is 1. The SMILES string of the molecule is O=C(NS(=O)(=O)N1CCCCC1)[C@@H]1CCCC[C@@H]1C(F)(F)F. The van der Waals surface area contributed by atoms with Crippen LogP contribution >= 0.6 is 0 Å². The number of nitrogens with zero attached hydrogens (tertiary/aromatic N) is 1. The van der Waals surface area contributed by atoms with Crippen LogP contribution < -0.4 is 4.72 Å². The van der Waals surface area contributed by atoms with Gasteiger partial charge in [0.15, 0.2) is 0 Å². The molecule has 9 heteroatoms. The molecular formula is C13H21F3N2O3S. The first-order valence-electron chi connectivity index (χ1n) is 7.60. The molecule has 0 aromatic heterocycles. The van der Waals surface area contributed by atoms with Crippen LogP contribution in [-0.4, -0.2) is 37.9 Å². The van der Waals surface area contributed by atoms with Gasteiger partial charge in [-0.1, -0.05) is 19.3 Å². The largest absolute Gasteiger partial charge is 0.392 e. The first kappa shape index (κ1) is 17.5. The highest BCUT2D eigenvalue weighted by molar-refractivity contribution is 7.87. The van der Waals surface area contributed by atoms with Crippen LogP contribution in [-0.2, 0) is 15.0 Å². The average Bonchev–Trinajstić information content (AvgIpc) is 2.47. The lowest BCUT2D eigenvalue weighted by Crippen LogP contribution is -2.50. The maximum Gasteiger partial charge on any atom is 0.392 e. The Morgan fingerprint density at radius 2 is 1.59 bits per heavy atom. The third-order valence-electron chi connectivity index (χ3n) is 4.41. The molecule has 2 aliphatic rings. The van der Waals surface area contributed by atoms with E-state index in [1.807, 2.05) is 4.72 Å². The zero-order valence-electron chi connectivity index (χ0n) is 12.2. The maximum absolute atomic E-state index is 13.0. The highest BCUT2D eigenvalue weighted by Crippen LogP contribution is 2.41. The zero-order chi connectivity index (χ0) is 16.4. The second kappa shape index (κ2) is 6.74. The topological polar surface area (TPSA) is 66.5 Å². The third kappa shape index (κ3) is 4.13. The van der Waals surface area contributed by atoms with E-state index >= 15 is 0 Å². The predicted molar refractivity (Wildman–Crippen MR) is 74.0 cm³/mol. The van der Waals surface area contributed by atoms with Crippen LogP contribution in [0.1, 0.15) is 44.9 Å². The molecule has 1 N–H and O–H groups in total. The minimum absolute atomic E-state index is 0.0749. The van der Waals surface area contributed by atoms with Gasteiger partial charge in [-0.2, -0.15) is 25.9 Å². The molecule has 0 spiro atoms. The summed E-state index contributed by atoms with van der Waals surface area (Å²) in [5, 5.41) is 0. The second-order valence-electron chi connectivity index (χ2n) is 5.97. The average molecular weight is 342 g/mol. The van der Waals surface area contributed by atoms with Crippen molar-refractivity contribution in [2.45, 2.75) is 51.1 Å². The van der Waals surface area contributed by atoms with Gasteiger partial charge in [0.25, 0.3) is 0 Å². The van der Waals surface area contributed by atoms with Crippen molar-refractivity contribution in [3.63, 3.8) is 0 Å². The Labute approximate surface area is 128 Å². The van der Waals surface area contributed by atoms with Crippen LogP contribution in [0.3, 0.4) is 0 Å². The Kier molecular flexibility index (Phi) is 5.37. The summed E-state index contributed by atoms with van der Waals surface area (Å²) in [6.07, 6.45) is -1.29. The number of nitrogens with one attached hydrogen (secondary N) is 1. The lowest BCUT2D eigenvalue weighted by atomic mass is 9.78. The van der Waals surface area contributed by atoms with E-state index in [4.69, 9.17) is 0 Å². The van der Waals surface area contributed by atoms with E-state index in [-0.39, 0.29) is 12.8 Å². The van der Waals surface area contributed by atoms with E-state index in [2.05, 4.69) is 0 Å². The molecule has 1 aliphatic carbocycles. The van der Waals surface area contributed by atoms with E-state index in [1.54, 1.807) is 0 Å². The molecule has 128 valence electrons. The molecule has 5 nitrogen and oxygen atoms in total. The van der Waals surface area contributed by atoms with Gasteiger partial charge < -0.3 is 0 Å². The van der Waals surface area contributed by atoms with Gasteiger partial charge in [0.1, 0.15) is 0 Å². The fourth-order valence-electron chi connectivity index (χ4n) is 3.21. The van der Waals surface area contributed by atoms with Crippen LogP contribution in [0.5, 0.6) is 0 Å². The van der Waals surface area contributed by atoms with Gasteiger partial charge in [0.05, 0.1) is 11.8 Å². The first-order chi connectivity index (χ1) is 10.2. The van der Waals surface area contributed by atoms with Crippen molar-refractivity contribution >= 4 is 16.1 Å². The zero-order valence-corrected chi connectivity index (χ0v) is 13.0. The van der Waals surface area contributed by atoms with E-state index in [1.165, 1.54) is 0 Å². The van der Waals surface area contributed by atoms with Crippen molar-refractivity contribution in [3.8, 4) is 0 Å². The van der Waals surface area contributed by atoms with Gasteiger partial charge in [0, 0.05) is 13.1 Å². The Hall–Kier alpha value is -0.830. The summed E-state index contributed by atoms with van der Waals surface area (Å²) < 4.78 is 66.2. The number of amides is 1. The Bertz CT molecular complexity index is 501. The summed E-state index contributed by atoms with van der Waals surface area (Å²) in [6, 6.07) is 0. The fourth-order valence-corrected chi connectivity index (χ4v) is 4.48. The highest BCUT2D eigenvalue weighted by Gasteiger charge is 2.48. The fraction of sp³-hybridized carbons (Fsp3) is 0.923. The van der Waals surface area contributed by atoms with Gasteiger partial charge >= 0.3 is 16.4 Å². The van der Waals surface area contributed by atoms with Gasteiger partial charge in [-0.3, -0.25) is 4.79 Å². The molecule has 1 aliphatic heterocycles. The number of halogens is 3. The Morgan fingerprint density at radius 1 is 1.00 bits per heavy atom. The molecule has 1 amide bonds. The molecule has 0 aromatic rings. The molecule has 2 atom stereocenters. The van der Waals surface area contributed by atoms with Gasteiger partial charge in [0.2, 0.25) is 5.91 Å². The van der Waals surface area contributed by atoms with Crippen molar-refractivity contribution in [2.24, 2.45) is 11.8 Å². The van der Waals surface area contributed by atoms with Crippen LogP contribution in [0.2, 0.25) is 0 Å². The van der Waals surface area contributed by atoms with E-state index in [9.17, 15) is 26.4 Å². The number of rotatable bonds is 3. The summed E-state index contributed by atoms with van der Waals surface area (Å²) >= 11 is 0. The first-order valence-corrected chi connectivity index (χ1v) is 9.04. The van der Waals surface area contributed by atoms with Gasteiger partial charge in [-0.05, 0) is 25.7 Å². The van der Waals surface area contributed by atoms with E-state index < -0.39 is 34.1 Å². The molecule has 2 rings (SSSR count). The van der Waals surface area contributed by atoms with Gasteiger partial charge in [-0.25, -0.2) is 4.72 Å². The molecule has 0 bridgehead atoms. The van der Waals surface area contributed by atoms with Crippen LogP contribution in [0.15, 0.2) is 0 Å². The molecule has 1 saturated carbocycles. The van der Waals surface area contributed by atoms with Crippen molar-refractivity contribution in [1.29, 1.82) is 0 Å². The van der Waals surface area contributed by atoms with Crippen molar-refractivity contribution in [2.75, 3.05) is 13.1 Å². The van der Waals surface area contributed by atoms with Crippen LogP contribution in [0.4, 0.5) is 13.2 Å². The summed E-state index contributed by atoms with van der Waals surface area (Å²) in [4.78, 5) is 12.1. The summed E-state index contributed by atoms with van der Waals surface area (Å²) in [5.74, 6) is -4.08. The number of piperidine rings is 1. The van der Waals surface area contributed by atoms with E-state index in [0.717, 1.165) is 10.7 Å². The number of carbonyl (C=O) groups excluding carboxylic acids is 1. The molecule has 22 heavy (non-hydrogen) atoms. The molecule has 1 saturated heterocycles. The lowest BCUT2D eigenvalue weighted by molar-refractivity contribution is -0.197. The minimum atomic E-state index is -4.47. The predicted octanol–water partition coefficient (Wildman–Crippen LogP) is 2.20. The second-order valence-corrected chi connectivity index (χ2v) is 7.64. The van der Waals surface area contributed by atoms with Crippen molar-refractivity contribution in [1.82, 2.24) is 9.03 Å². The molecule has 2 fully saturated rings. The quantitative estimate of drug-likeness (QED) is 0.855. The molecule has 0 aromatic carbocycles. The minimum Gasteiger partial charge on any atom is -0.274 e. The number of hydrogen-bond donors (Lipinski definition) is 1. The summed E-state index contributed by atoms with van der Waals surface area (Å²) in [6.45, 7) is 0.603. The monoisotopic (exact) mass is 342 g/mol. The van der Waals surface area contributed by atoms with Crippen LogP contribution in [0, 0.1) is 11.8 Å². The number of hydrogen-bond acceptors (Lipinski definition) is 3. The van der Waals surface area contributed by atoms with E-state index in [0.29, 0.717) is 38.8 Å². The molecular weight excluding hydrogens is 321 g/mol. The Morgan fingerprint density at radius 3 is 2.18 bits per heavy atom. The van der Waals surface area contributed by atoms with Crippen molar-refractivity contribution < 1.29 is 26.4 Å². The molecule has 0 unspecified atom stereocenters. The molecule has 0 radical (unpaired) electrons. The summed E-state index contributed by atoms with van der Waals surface area (Å²) in [7, 11) is -4.03. The summed E-state index contributed by atoms with van der Waals surface area (Å²) in [5.41, 5.74) is 0. The Balaban J connectivity index is 2.06. The lowest BCUT2D eigenvalue weighted by Gasteiger charge is -2.33. The maximum atomic E-state index is 13.0. The standard InChI is InChI=1S/C13H21F3N2O3S/c14-13(15,16)11-7-3-2-6-10(11)12(19)17-22(20,21)18-8-4-1-5-9-18/h10-11H,1-9H2,(H,17,19)/t10-,11+/m1/s1. The third-order valence-corrected chi connectivity index (χ3v) is 5.91. The molecule has 1 heterocycles.